The Balaban J connectivity index is 2.09. The lowest BCUT2D eigenvalue weighted by Gasteiger charge is -2.37. The van der Waals surface area contributed by atoms with Crippen molar-refractivity contribution in [3.05, 3.63) is 59.7 Å². The van der Waals surface area contributed by atoms with Crippen molar-refractivity contribution in [2.75, 3.05) is 13.2 Å². The van der Waals surface area contributed by atoms with Gasteiger partial charge in [0.25, 0.3) is 0 Å². The SMILES string of the molecule is CC[Si](C)(C)OCC1(CO[Si](C)(C)CC)c2ccccc2-c2ccccc21. The zero-order valence-corrected chi connectivity index (χ0v) is 19.8. The summed E-state index contributed by atoms with van der Waals surface area (Å²) in [5, 5.41) is 0. The first kappa shape index (κ1) is 20.5. The summed E-state index contributed by atoms with van der Waals surface area (Å²) in [6.45, 7) is 15.2. The Kier molecular flexibility index (Phi) is 5.83. The van der Waals surface area contributed by atoms with Crippen LogP contribution in [0.3, 0.4) is 0 Å². The number of rotatable bonds is 8. The van der Waals surface area contributed by atoms with Crippen molar-refractivity contribution in [1.82, 2.24) is 0 Å². The molecule has 0 aromatic heterocycles. The summed E-state index contributed by atoms with van der Waals surface area (Å²) in [4.78, 5) is 0. The van der Waals surface area contributed by atoms with Crippen molar-refractivity contribution in [3.8, 4) is 11.1 Å². The van der Waals surface area contributed by atoms with E-state index in [0.717, 1.165) is 12.1 Å². The van der Waals surface area contributed by atoms with Crippen molar-refractivity contribution >= 4 is 16.6 Å². The summed E-state index contributed by atoms with van der Waals surface area (Å²) in [5.74, 6) is 0. The van der Waals surface area contributed by atoms with Crippen LogP contribution in [-0.2, 0) is 14.3 Å². The molecule has 2 nitrogen and oxygen atoms in total. The van der Waals surface area contributed by atoms with E-state index in [-0.39, 0.29) is 5.41 Å². The molecule has 4 heteroatoms. The standard InChI is InChI=1S/C23H34O2Si2/c1-7-26(3,4)24-17-23(18-25-27(5,6)8-2)21-15-11-9-13-19(21)20-14-10-12-16-22(20)23/h9-16H,7-8,17-18H2,1-6H3. The highest BCUT2D eigenvalue weighted by molar-refractivity contribution is 6.71. The van der Waals surface area contributed by atoms with Gasteiger partial charge in [0.05, 0.1) is 5.41 Å². The predicted octanol–water partition coefficient (Wildman–Crippen LogP) is 6.44. The highest BCUT2D eigenvalue weighted by Gasteiger charge is 2.45. The van der Waals surface area contributed by atoms with Crippen molar-refractivity contribution in [1.29, 1.82) is 0 Å². The van der Waals surface area contributed by atoms with Crippen LogP contribution in [0, 0.1) is 0 Å². The fourth-order valence-electron chi connectivity index (χ4n) is 3.61. The fraction of sp³-hybridized carbons (Fsp3) is 0.478. The summed E-state index contributed by atoms with van der Waals surface area (Å²) in [6.07, 6.45) is 0. The van der Waals surface area contributed by atoms with Gasteiger partial charge in [-0.1, -0.05) is 62.4 Å². The van der Waals surface area contributed by atoms with Gasteiger partial charge in [-0.25, -0.2) is 0 Å². The first-order chi connectivity index (χ1) is 12.7. The van der Waals surface area contributed by atoms with Crippen LogP contribution in [0.4, 0.5) is 0 Å². The Morgan fingerprint density at radius 2 is 1.04 bits per heavy atom. The molecule has 1 aliphatic carbocycles. The third kappa shape index (κ3) is 3.99. The third-order valence-corrected chi connectivity index (χ3v) is 11.6. The monoisotopic (exact) mass is 398 g/mol. The summed E-state index contributed by atoms with van der Waals surface area (Å²) in [5.41, 5.74) is 5.21. The van der Waals surface area contributed by atoms with Crippen LogP contribution in [0.15, 0.2) is 48.5 Å². The van der Waals surface area contributed by atoms with Gasteiger partial charge in [0, 0.05) is 13.2 Å². The molecule has 0 spiro atoms. The summed E-state index contributed by atoms with van der Waals surface area (Å²) in [7, 11) is -3.32. The molecule has 0 saturated carbocycles. The van der Waals surface area contributed by atoms with Crippen LogP contribution in [0.25, 0.3) is 11.1 Å². The molecule has 2 aromatic carbocycles. The normalized spacial score (nSPS) is 15.5. The highest BCUT2D eigenvalue weighted by atomic mass is 28.4. The van der Waals surface area contributed by atoms with Gasteiger partial charge in [-0.3, -0.25) is 0 Å². The number of fused-ring (bicyclic) bond motifs is 3. The second kappa shape index (κ2) is 7.66. The Morgan fingerprint density at radius 3 is 1.41 bits per heavy atom. The van der Waals surface area contributed by atoms with Crippen LogP contribution in [0.2, 0.25) is 38.3 Å². The van der Waals surface area contributed by atoms with Gasteiger partial charge < -0.3 is 8.85 Å². The van der Waals surface area contributed by atoms with Gasteiger partial charge in [-0.2, -0.15) is 0 Å². The van der Waals surface area contributed by atoms with E-state index in [1.807, 2.05) is 0 Å². The molecular formula is C23H34O2Si2. The van der Waals surface area contributed by atoms with Gasteiger partial charge in [-0.05, 0) is 60.5 Å². The lowest BCUT2D eigenvalue weighted by atomic mass is 9.80. The Morgan fingerprint density at radius 1 is 0.667 bits per heavy atom. The molecule has 0 N–H and O–H groups in total. The molecule has 0 radical (unpaired) electrons. The topological polar surface area (TPSA) is 18.5 Å². The van der Waals surface area contributed by atoms with Crippen molar-refractivity contribution in [2.24, 2.45) is 0 Å². The Bertz CT molecular complexity index is 731. The van der Waals surface area contributed by atoms with Crippen LogP contribution in [-0.4, -0.2) is 29.8 Å². The van der Waals surface area contributed by atoms with E-state index >= 15 is 0 Å². The van der Waals surface area contributed by atoms with Gasteiger partial charge in [0.1, 0.15) is 0 Å². The van der Waals surface area contributed by atoms with E-state index in [4.69, 9.17) is 8.85 Å². The average molecular weight is 399 g/mol. The first-order valence-corrected chi connectivity index (χ1v) is 16.4. The zero-order valence-electron chi connectivity index (χ0n) is 17.8. The maximum absolute atomic E-state index is 6.65. The first-order valence-electron chi connectivity index (χ1n) is 10.2. The van der Waals surface area contributed by atoms with Crippen molar-refractivity contribution in [2.45, 2.75) is 57.5 Å². The fourth-order valence-corrected chi connectivity index (χ4v) is 5.29. The number of benzene rings is 2. The maximum Gasteiger partial charge on any atom is 0.186 e. The van der Waals surface area contributed by atoms with Crippen LogP contribution in [0.5, 0.6) is 0 Å². The van der Waals surface area contributed by atoms with E-state index in [1.165, 1.54) is 22.3 Å². The van der Waals surface area contributed by atoms with Gasteiger partial charge in [0.2, 0.25) is 0 Å². The molecule has 27 heavy (non-hydrogen) atoms. The summed E-state index contributed by atoms with van der Waals surface area (Å²) in [6, 6.07) is 19.9. The number of hydrogen-bond donors (Lipinski definition) is 0. The van der Waals surface area contributed by atoms with E-state index in [2.05, 4.69) is 88.6 Å². The lowest BCUT2D eigenvalue weighted by molar-refractivity contribution is 0.162. The largest absolute Gasteiger partial charge is 0.416 e. The minimum atomic E-state index is -1.66. The highest BCUT2D eigenvalue weighted by Crippen LogP contribution is 2.49. The van der Waals surface area contributed by atoms with Gasteiger partial charge >= 0.3 is 0 Å². The minimum absolute atomic E-state index is 0.202. The van der Waals surface area contributed by atoms with Gasteiger partial charge in [0.15, 0.2) is 16.6 Å². The molecule has 0 saturated heterocycles. The smallest absolute Gasteiger partial charge is 0.186 e. The lowest BCUT2D eigenvalue weighted by Crippen LogP contribution is -2.45. The average Bonchev–Trinajstić information content (AvgIpc) is 2.96. The molecule has 0 heterocycles. The third-order valence-electron chi connectivity index (χ3n) is 6.30. The molecule has 0 bridgehead atoms. The Hall–Kier alpha value is -1.21. The molecule has 0 atom stereocenters. The molecule has 0 amide bonds. The molecule has 146 valence electrons. The van der Waals surface area contributed by atoms with E-state index in [1.54, 1.807) is 0 Å². The molecule has 0 unspecified atom stereocenters. The minimum Gasteiger partial charge on any atom is -0.416 e. The zero-order chi connectivity index (χ0) is 19.7. The van der Waals surface area contributed by atoms with E-state index in [9.17, 15) is 0 Å². The molecule has 3 rings (SSSR count). The second-order valence-electron chi connectivity index (χ2n) is 8.98. The number of hydrogen-bond acceptors (Lipinski definition) is 2. The van der Waals surface area contributed by atoms with Crippen LogP contribution in [0.1, 0.15) is 25.0 Å². The van der Waals surface area contributed by atoms with Crippen molar-refractivity contribution < 1.29 is 8.85 Å². The van der Waals surface area contributed by atoms with E-state index < -0.39 is 16.6 Å². The van der Waals surface area contributed by atoms with Crippen molar-refractivity contribution in [3.63, 3.8) is 0 Å². The predicted molar refractivity (Wildman–Crippen MR) is 120 cm³/mol. The van der Waals surface area contributed by atoms with Gasteiger partial charge in [-0.15, -0.1) is 0 Å². The summed E-state index contributed by atoms with van der Waals surface area (Å²) < 4.78 is 13.3. The second-order valence-corrected chi connectivity index (χ2v) is 18.0. The molecule has 2 aromatic rings. The molecule has 0 aliphatic heterocycles. The quantitative estimate of drug-likeness (QED) is 0.477. The van der Waals surface area contributed by atoms with Crippen LogP contribution < -0.4 is 0 Å². The molecular weight excluding hydrogens is 364 g/mol. The maximum atomic E-state index is 6.65. The molecule has 1 aliphatic rings. The summed E-state index contributed by atoms with van der Waals surface area (Å²) >= 11 is 0. The Labute approximate surface area is 167 Å². The van der Waals surface area contributed by atoms with Crippen LogP contribution >= 0.6 is 0 Å². The molecule has 0 fully saturated rings. The van der Waals surface area contributed by atoms with E-state index in [0.29, 0.717) is 13.2 Å².